The van der Waals surface area contributed by atoms with E-state index in [1.54, 1.807) is 0 Å². The molecule has 4 heteroatoms. The lowest BCUT2D eigenvalue weighted by Gasteiger charge is -2.18. The minimum atomic E-state index is 0.435. The van der Waals surface area contributed by atoms with Gasteiger partial charge in [-0.3, -0.25) is 4.68 Å². The average molecular weight is 285 g/mol. The average Bonchev–Trinajstić information content (AvgIpc) is 3.15. The van der Waals surface area contributed by atoms with Crippen LogP contribution in [-0.2, 0) is 17.8 Å². The predicted molar refractivity (Wildman–Crippen MR) is 83.1 cm³/mol. The van der Waals surface area contributed by atoms with Gasteiger partial charge in [0.2, 0.25) is 0 Å². The zero-order valence-corrected chi connectivity index (χ0v) is 12.6. The van der Waals surface area contributed by atoms with Crippen LogP contribution in [0.25, 0.3) is 10.9 Å². The van der Waals surface area contributed by atoms with Gasteiger partial charge in [0.15, 0.2) is 0 Å². The standard InChI is InChI=1S/C17H23N3O/c1-2-20-16-6-4-3-5-13(16)15(19-20)11-18-14-9-10-21-17(14)12-7-8-12/h3-6,12,14,17-18H,2,7-11H2,1H3. The van der Waals surface area contributed by atoms with Crippen LogP contribution >= 0.6 is 0 Å². The largest absolute Gasteiger partial charge is 0.376 e. The molecular weight excluding hydrogens is 262 g/mol. The van der Waals surface area contributed by atoms with Crippen molar-refractivity contribution in [1.29, 1.82) is 0 Å². The van der Waals surface area contributed by atoms with E-state index in [0.717, 1.165) is 37.7 Å². The number of nitrogens with one attached hydrogen (secondary N) is 1. The lowest BCUT2D eigenvalue weighted by Crippen LogP contribution is -2.37. The minimum Gasteiger partial charge on any atom is -0.376 e. The molecule has 1 saturated carbocycles. The van der Waals surface area contributed by atoms with Crippen LogP contribution in [0.15, 0.2) is 24.3 Å². The van der Waals surface area contributed by atoms with Gasteiger partial charge in [-0.2, -0.15) is 5.10 Å². The number of benzene rings is 1. The Balaban J connectivity index is 1.52. The molecule has 21 heavy (non-hydrogen) atoms. The number of para-hydroxylation sites is 1. The molecule has 2 atom stereocenters. The van der Waals surface area contributed by atoms with E-state index < -0.39 is 0 Å². The van der Waals surface area contributed by atoms with Gasteiger partial charge in [-0.25, -0.2) is 0 Å². The fraction of sp³-hybridized carbons (Fsp3) is 0.588. The smallest absolute Gasteiger partial charge is 0.0841 e. The first-order valence-corrected chi connectivity index (χ1v) is 8.16. The van der Waals surface area contributed by atoms with Crippen LogP contribution in [0.4, 0.5) is 0 Å². The molecule has 4 nitrogen and oxygen atoms in total. The van der Waals surface area contributed by atoms with Crippen molar-refractivity contribution in [3.8, 4) is 0 Å². The van der Waals surface area contributed by atoms with Crippen molar-refractivity contribution in [3.05, 3.63) is 30.0 Å². The van der Waals surface area contributed by atoms with Crippen molar-refractivity contribution in [2.75, 3.05) is 6.61 Å². The predicted octanol–water partition coefficient (Wildman–Crippen LogP) is 2.71. The van der Waals surface area contributed by atoms with Crippen molar-refractivity contribution < 1.29 is 4.74 Å². The first-order chi connectivity index (χ1) is 10.4. The summed E-state index contributed by atoms with van der Waals surface area (Å²) in [5.41, 5.74) is 2.40. The third kappa shape index (κ3) is 2.47. The van der Waals surface area contributed by atoms with Crippen molar-refractivity contribution in [2.45, 2.75) is 51.4 Å². The van der Waals surface area contributed by atoms with Crippen LogP contribution in [0.3, 0.4) is 0 Å². The molecule has 4 rings (SSSR count). The monoisotopic (exact) mass is 285 g/mol. The van der Waals surface area contributed by atoms with Gasteiger partial charge >= 0.3 is 0 Å². The second-order valence-corrected chi connectivity index (χ2v) is 6.23. The zero-order valence-electron chi connectivity index (χ0n) is 12.6. The number of ether oxygens (including phenoxy) is 1. The number of rotatable bonds is 5. The highest BCUT2D eigenvalue weighted by Gasteiger charge is 2.40. The highest BCUT2D eigenvalue weighted by Crippen LogP contribution is 2.38. The lowest BCUT2D eigenvalue weighted by atomic mass is 10.1. The molecule has 2 fully saturated rings. The second-order valence-electron chi connectivity index (χ2n) is 6.23. The van der Waals surface area contributed by atoms with Gasteiger partial charge in [0.05, 0.1) is 17.3 Å². The summed E-state index contributed by atoms with van der Waals surface area (Å²) in [6.45, 7) is 4.80. The van der Waals surface area contributed by atoms with E-state index in [2.05, 4.69) is 41.2 Å². The van der Waals surface area contributed by atoms with Crippen LogP contribution in [0.2, 0.25) is 0 Å². The van der Waals surface area contributed by atoms with E-state index in [-0.39, 0.29) is 0 Å². The van der Waals surface area contributed by atoms with E-state index >= 15 is 0 Å². The van der Waals surface area contributed by atoms with Crippen molar-refractivity contribution in [1.82, 2.24) is 15.1 Å². The Morgan fingerprint density at radius 3 is 2.95 bits per heavy atom. The summed E-state index contributed by atoms with van der Waals surface area (Å²) in [6, 6.07) is 9.01. The molecule has 1 aromatic carbocycles. The Bertz CT molecular complexity index is 632. The SMILES string of the molecule is CCn1nc(CNC2CCOC2C2CC2)c2ccccc21. The maximum atomic E-state index is 5.90. The number of aromatic nitrogens is 2. The van der Waals surface area contributed by atoms with Gasteiger partial charge in [0.1, 0.15) is 0 Å². The van der Waals surface area contributed by atoms with Crippen LogP contribution in [0.1, 0.15) is 31.9 Å². The third-order valence-corrected chi connectivity index (χ3v) is 4.79. The first kappa shape index (κ1) is 13.3. The van der Waals surface area contributed by atoms with E-state index in [0.29, 0.717) is 12.1 Å². The summed E-state index contributed by atoms with van der Waals surface area (Å²) < 4.78 is 8.00. The number of fused-ring (bicyclic) bond motifs is 1. The van der Waals surface area contributed by atoms with Gasteiger partial charge in [0.25, 0.3) is 0 Å². The summed E-state index contributed by atoms with van der Waals surface area (Å²) in [5.74, 6) is 0.801. The molecule has 2 aromatic rings. The van der Waals surface area contributed by atoms with Gasteiger partial charge < -0.3 is 10.1 Å². The quantitative estimate of drug-likeness (QED) is 0.918. The highest BCUT2D eigenvalue weighted by molar-refractivity contribution is 5.81. The number of hydrogen-bond donors (Lipinski definition) is 1. The molecule has 1 N–H and O–H groups in total. The van der Waals surface area contributed by atoms with Crippen molar-refractivity contribution in [2.24, 2.45) is 5.92 Å². The third-order valence-electron chi connectivity index (χ3n) is 4.79. The maximum Gasteiger partial charge on any atom is 0.0841 e. The van der Waals surface area contributed by atoms with Crippen molar-refractivity contribution in [3.63, 3.8) is 0 Å². The normalized spacial score (nSPS) is 25.8. The summed E-state index contributed by atoms with van der Waals surface area (Å²) in [5, 5.41) is 9.74. The highest BCUT2D eigenvalue weighted by atomic mass is 16.5. The molecule has 2 aliphatic rings. The Hall–Kier alpha value is -1.39. The molecule has 1 saturated heterocycles. The Kier molecular flexibility index (Phi) is 3.43. The Morgan fingerprint density at radius 1 is 1.29 bits per heavy atom. The number of hydrogen-bond acceptors (Lipinski definition) is 3. The number of nitrogens with zero attached hydrogens (tertiary/aromatic N) is 2. The first-order valence-electron chi connectivity index (χ1n) is 8.16. The summed E-state index contributed by atoms with van der Waals surface area (Å²) in [7, 11) is 0. The summed E-state index contributed by atoms with van der Waals surface area (Å²) in [4.78, 5) is 0. The fourth-order valence-electron chi connectivity index (χ4n) is 3.51. The van der Waals surface area contributed by atoms with Crippen LogP contribution in [-0.4, -0.2) is 28.5 Å². The Morgan fingerprint density at radius 2 is 2.14 bits per heavy atom. The molecule has 0 amide bonds. The van der Waals surface area contributed by atoms with Gasteiger partial charge in [-0.05, 0) is 38.2 Å². The van der Waals surface area contributed by atoms with Crippen molar-refractivity contribution >= 4 is 10.9 Å². The van der Waals surface area contributed by atoms with E-state index in [1.807, 2.05) is 0 Å². The Labute approximate surface area is 125 Å². The molecule has 1 aromatic heterocycles. The number of aryl methyl sites for hydroxylation is 1. The van der Waals surface area contributed by atoms with Crippen LogP contribution < -0.4 is 5.32 Å². The topological polar surface area (TPSA) is 39.1 Å². The van der Waals surface area contributed by atoms with E-state index in [4.69, 9.17) is 9.84 Å². The lowest BCUT2D eigenvalue weighted by molar-refractivity contribution is 0.0808. The molecule has 0 bridgehead atoms. The maximum absolute atomic E-state index is 5.90. The van der Waals surface area contributed by atoms with Crippen LogP contribution in [0, 0.1) is 5.92 Å². The van der Waals surface area contributed by atoms with Gasteiger partial charge in [-0.1, -0.05) is 18.2 Å². The van der Waals surface area contributed by atoms with Gasteiger partial charge in [-0.15, -0.1) is 0 Å². The van der Waals surface area contributed by atoms with Gasteiger partial charge in [0, 0.05) is 31.1 Å². The van der Waals surface area contributed by atoms with E-state index in [9.17, 15) is 0 Å². The molecule has 1 aliphatic carbocycles. The molecule has 1 aliphatic heterocycles. The minimum absolute atomic E-state index is 0.435. The molecular formula is C17H23N3O. The molecule has 0 radical (unpaired) electrons. The van der Waals surface area contributed by atoms with E-state index in [1.165, 1.54) is 23.7 Å². The molecule has 2 heterocycles. The second kappa shape index (κ2) is 5.43. The molecule has 2 unspecified atom stereocenters. The molecule has 112 valence electrons. The zero-order chi connectivity index (χ0) is 14.2. The summed E-state index contributed by atoms with van der Waals surface area (Å²) >= 11 is 0. The summed E-state index contributed by atoms with van der Waals surface area (Å²) in [6.07, 6.45) is 4.25. The van der Waals surface area contributed by atoms with Crippen LogP contribution in [0.5, 0.6) is 0 Å². The fourth-order valence-corrected chi connectivity index (χ4v) is 3.51. The molecule has 0 spiro atoms.